The number of phosphoric ester groups is 1. The SMILES string of the molecule is CCN=c1cc2oc3cc(N)c(C)cc3c(-c3ccc(C(=O)NCC(C)(C)SSCO[C@@H]4C[C@H](n5cnc6c(N)ncnc65)O[C@@H]4COP(=O)(O)O[P+](=O)O)cc3C(=O)O)c-2cc1C. The number of hydrogen-bond acceptors (Lipinski definition) is 17. The summed E-state index contributed by atoms with van der Waals surface area (Å²) in [6.45, 7) is 9.79. The molecule has 1 fully saturated rings. The van der Waals surface area contributed by atoms with Crippen molar-refractivity contribution in [3.63, 3.8) is 0 Å². The van der Waals surface area contributed by atoms with Crippen LogP contribution in [0.1, 0.15) is 65.3 Å². The maximum absolute atomic E-state index is 13.6. The van der Waals surface area contributed by atoms with E-state index in [0.717, 1.165) is 16.5 Å². The fraction of sp³-hybridized carbons (Fsp3) is 0.350. The maximum Gasteiger partial charge on any atom is 0.705 e. The zero-order valence-electron chi connectivity index (χ0n) is 35.1. The Morgan fingerprint density at radius 1 is 1.11 bits per heavy atom. The Hall–Kier alpha value is -4.99. The molecule has 2 aromatic carbocycles. The van der Waals surface area contributed by atoms with Gasteiger partial charge in [0.15, 0.2) is 11.5 Å². The van der Waals surface area contributed by atoms with Crippen LogP contribution < -0.4 is 22.1 Å². The lowest BCUT2D eigenvalue weighted by atomic mass is 9.88. The molecule has 3 aliphatic rings. The fourth-order valence-electron chi connectivity index (χ4n) is 7.20. The van der Waals surface area contributed by atoms with Gasteiger partial charge in [-0.1, -0.05) is 27.7 Å². The van der Waals surface area contributed by atoms with Crippen LogP contribution in [0.5, 0.6) is 0 Å². The molecule has 7 rings (SSSR count). The molecular formula is C40H45N8O12P2S2+. The minimum atomic E-state index is -4.91. The molecule has 2 unspecified atom stereocenters. The standard InChI is InChI=1S/C40H44N8O12P2S2/c1-6-43-28-13-30-26(10-21(28)3)34(25-9-20(2)27(41)12-29(25)58-30)23-8-7-22(11-24(23)39(50)51)38(49)44-16-40(4,5)64-63-19-56-31-14-33(48-18-47-35-36(42)45-17-46-37(35)48)59-32(31)15-57-62(54,55)60-61(52)53/h7-13,17-18,31-33H,6,14-16,19H2,1-5H3,(H7-,41,42,43,44,45,46,49,50,51,52,53,54,55)/p+1/t31-,32-,33-/m1/s1. The number of nitrogens with two attached hydrogens (primary N) is 2. The van der Waals surface area contributed by atoms with E-state index in [-0.39, 0.29) is 35.8 Å². The van der Waals surface area contributed by atoms with E-state index in [4.69, 9.17) is 34.8 Å². The third-order valence-corrected chi connectivity index (χ3v) is 15.1. The summed E-state index contributed by atoms with van der Waals surface area (Å²) in [4.78, 5) is 62.4. The second kappa shape index (κ2) is 19.2. The van der Waals surface area contributed by atoms with Crippen molar-refractivity contribution in [3.8, 4) is 22.5 Å². The molecule has 0 spiro atoms. The zero-order valence-corrected chi connectivity index (χ0v) is 38.5. The van der Waals surface area contributed by atoms with Crippen molar-refractivity contribution in [2.75, 3.05) is 37.1 Å². The van der Waals surface area contributed by atoms with Crippen molar-refractivity contribution in [3.05, 3.63) is 82.7 Å². The molecule has 1 aliphatic carbocycles. The highest BCUT2D eigenvalue weighted by Gasteiger charge is 2.42. The van der Waals surface area contributed by atoms with Crippen molar-refractivity contribution in [2.24, 2.45) is 4.99 Å². The first kappa shape index (κ1) is 47.0. The van der Waals surface area contributed by atoms with Crippen LogP contribution in [0.4, 0.5) is 11.5 Å². The Bertz CT molecular complexity index is 2880. The highest BCUT2D eigenvalue weighted by atomic mass is 33.1. The number of carboxylic acid groups (broad SMARTS) is 1. The number of carbonyl (C=O) groups excluding carboxylic acids is 1. The number of aryl methyl sites for hydroxylation is 2. The molecule has 8 N–H and O–H groups in total. The lowest BCUT2D eigenvalue weighted by Gasteiger charge is -2.24. The molecule has 2 aromatic heterocycles. The third kappa shape index (κ3) is 10.4. The monoisotopic (exact) mass is 955 g/mol. The van der Waals surface area contributed by atoms with Crippen molar-refractivity contribution in [1.82, 2.24) is 24.8 Å². The number of nitrogen functional groups attached to an aromatic ring is 2. The summed E-state index contributed by atoms with van der Waals surface area (Å²) in [6.07, 6.45) is 0.631. The van der Waals surface area contributed by atoms with Crippen LogP contribution in [-0.4, -0.2) is 88.9 Å². The van der Waals surface area contributed by atoms with Gasteiger partial charge in [-0.05, 0) is 79.9 Å². The number of aromatic nitrogens is 4. The quantitative estimate of drug-likeness (QED) is 0.0138. The molecule has 4 aromatic rings. The van der Waals surface area contributed by atoms with E-state index in [9.17, 15) is 28.7 Å². The van der Waals surface area contributed by atoms with Gasteiger partial charge in [0.1, 0.15) is 41.5 Å². The van der Waals surface area contributed by atoms with E-state index in [1.807, 2.05) is 52.8 Å². The summed E-state index contributed by atoms with van der Waals surface area (Å²) in [5.41, 5.74) is 17.4. The van der Waals surface area contributed by atoms with Gasteiger partial charge in [0, 0.05) is 68.7 Å². The average molecular weight is 956 g/mol. The number of phosphoric acid groups is 1. The van der Waals surface area contributed by atoms with Crippen LogP contribution in [-0.2, 0) is 27.4 Å². The smallest absolute Gasteiger partial charge is 0.478 e. The van der Waals surface area contributed by atoms with E-state index in [0.29, 0.717) is 56.8 Å². The van der Waals surface area contributed by atoms with Crippen LogP contribution in [0.2, 0.25) is 0 Å². The lowest BCUT2D eigenvalue weighted by molar-refractivity contribution is -0.0519. The number of carbonyl (C=O) groups is 2. The van der Waals surface area contributed by atoms with Gasteiger partial charge in [-0.3, -0.25) is 23.8 Å². The second-order valence-electron chi connectivity index (χ2n) is 15.4. The van der Waals surface area contributed by atoms with Gasteiger partial charge in [-0.15, -0.1) is 4.89 Å². The van der Waals surface area contributed by atoms with Gasteiger partial charge in [0.25, 0.3) is 5.91 Å². The number of amides is 1. The second-order valence-corrected chi connectivity index (χ2v) is 20.6. The number of rotatable bonds is 17. The number of nitrogens with one attached hydrogen (secondary N) is 1. The van der Waals surface area contributed by atoms with Gasteiger partial charge in [-0.2, -0.15) is 0 Å². The van der Waals surface area contributed by atoms with E-state index >= 15 is 0 Å². The zero-order chi connectivity index (χ0) is 46.1. The molecule has 2 aliphatic heterocycles. The number of anilines is 2. The van der Waals surface area contributed by atoms with Gasteiger partial charge in [-0.25, -0.2) is 24.3 Å². The highest BCUT2D eigenvalue weighted by molar-refractivity contribution is 8.77. The Balaban J connectivity index is 1.03. The van der Waals surface area contributed by atoms with Gasteiger partial charge in [0.05, 0.1) is 30.0 Å². The largest absolute Gasteiger partial charge is 0.705 e. The van der Waals surface area contributed by atoms with Gasteiger partial charge < -0.3 is 35.8 Å². The van der Waals surface area contributed by atoms with Crippen LogP contribution in [0, 0.1) is 13.8 Å². The number of hydrogen-bond donors (Lipinski definition) is 6. The number of carboxylic acids is 1. The number of benzene rings is 3. The first-order valence-electron chi connectivity index (χ1n) is 19.6. The van der Waals surface area contributed by atoms with Crippen LogP contribution in [0.3, 0.4) is 0 Å². The fourth-order valence-corrected chi connectivity index (χ4v) is 10.6. The summed E-state index contributed by atoms with van der Waals surface area (Å²) < 4.78 is 52.0. The number of nitrogens with zero attached hydrogens (tertiary/aromatic N) is 5. The third-order valence-electron chi connectivity index (χ3n) is 10.3. The van der Waals surface area contributed by atoms with E-state index < -0.39 is 57.7 Å². The summed E-state index contributed by atoms with van der Waals surface area (Å²) in [5, 5.41) is 14.9. The van der Waals surface area contributed by atoms with E-state index in [1.165, 1.54) is 40.3 Å². The lowest BCUT2D eigenvalue weighted by Crippen LogP contribution is -2.36. The maximum atomic E-state index is 13.6. The van der Waals surface area contributed by atoms with Crippen molar-refractivity contribution in [1.29, 1.82) is 0 Å². The van der Waals surface area contributed by atoms with Crippen LogP contribution >= 0.6 is 37.7 Å². The predicted molar refractivity (Wildman–Crippen MR) is 242 cm³/mol. The van der Waals surface area contributed by atoms with Crippen molar-refractivity contribution in [2.45, 2.75) is 64.2 Å². The van der Waals surface area contributed by atoms with Gasteiger partial charge in [0.2, 0.25) is 0 Å². The molecule has 24 heteroatoms. The summed E-state index contributed by atoms with van der Waals surface area (Å²) >= 11 is 0. The minimum Gasteiger partial charge on any atom is -0.478 e. The molecule has 0 saturated carbocycles. The Labute approximate surface area is 374 Å². The predicted octanol–water partition coefficient (Wildman–Crippen LogP) is 6.75. The number of fused-ring (bicyclic) bond motifs is 3. The topological polar surface area (TPSA) is 299 Å². The van der Waals surface area contributed by atoms with Crippen LogP contribution in [0.25, 0.3) is 44.6 Å². The highest BCUT2D eigenvalue weighted by Crippen LogP contribution is 2.51. The molecule has 64 heavy (non-hydrogen) atoms. The minimum absolute atomic E-state index is 0.0732. The van der Waals surface area contributed by atoms with Crippen molar-refractivity contribution >= 4 is 83.2 Å². The van der Waals surface area contributed by atoms with Crippen molar-refractivity contribution < 1.29 is 56.3 Å². The molecule has 1 amide bonds. The molecule has 5 atom stereocenters. The Morgan fingerprint density at radius 2 is 1.89 bits per heavy atom. The number of aromatic carboxylic acids is 1. The normalized spacial score (nSPS) is 18.2. The summed E-state index contributed by atoms with van der Waals surface area (Å²) in [7, 11) is -5.57. The molecule has 20 nitrogen and oxygen atoms in total. The van der Waals surface area contributed by atoms with E-state index in [1.54, 1.807) is 22.8 Å². The first-order valence-corrected chi connectivity index (χ1v) is 24.6. The van der Waals surface area contributed by atoms with Gasteiger partial charge >= 0.3 is 22.0 Å². The molecule has 4 heterocycles. The Kier molecular flexibility index (Phi) is 14.1. The van der Waals surface area contributed by atoms with Crippen LogP contribution in [0.15, 0.2) is 64.5 Å². The number of imidazole rings is 1. The van der Waals surface area contributed by atoms with E-state index in [2.05, 4.69) is 29.6 Å². The summed E-state index contributed by atoms with van der Waals surface area (Å²) in [6, 6.07) is 12.0. The number of ether oxygens (including phenoxy) is 2. The molecule has 338 valence electrons. The summed E-state index contributed by atoms with van der Waals surface area (Å²) in [5.74, 6) is -0.912. The Morgan fingerprint density at radius 3 is 2.62 bits per heavy atom. The molecule has 0 radical (unpaired) electrons. The molecule has 0 bridgehead atoms. The first-order chi connectivity index (χ1) is 30.3. The molecule has 1 saturated heterocycles. The average Bonchev–Trinajstić information content (AvgIpc) is 3.85. The molecular weight excluding hydrogens is 911 g/mol.